The van der Waals surface area contributed by atoms with Crippen LogP contribution in [-0.2, 0) is 4.79 Å². The summed E-state index contributed by atoms with van der Waals surface area (Å²) in [5.41, 5.74) is 5.07. The van der Waals surface area contributed by atoms with E-state index in [0.29, 0.717) is 5.69 Å². The van der Waals surface area contributed by atoms with Gasteiger partial charge in [0.05, 0.1) is 11.6 Å². The van der Waals surface area contributed by atoms with Gasteiger partial charge in [0.2, 0.25) is 5.91 Å². The number of benzene rings is 1. The molecule has 0 aliphatic heterocycles. The second-order valence-corrected chi connectivity index (χ2v) is 3.56. The van der Waals surface area contributed by atoms with Crippen molar-refractivity contribution in [3.63, 3.8) is 0 Å². The Morgan fingerprint density at radius 1 is 1.41 bits per heavy atom. The van der Waals surface area contributed by atoms with Gasteiger partial charge in [0.25, 0.3) is 5.91 Å². The summed E-state index contributed by atoms with van der Waals surface area (Å²) in [6.07, 6.45) is 0. The third-order valence-electron chi connectivity index (χ3n) is 2.33. The van der Waals surface area contributed by atoms with Crippen molar-refractivity contribution in [3.8, 4) is 0 Å². The van der Waals surface area contributed by atoms with Gasteiger partial charge < -0.3 is 16.4 Å². The summed E-state index contributed by atoms with van der Waals surface area (Å²) in [6.45, 7) is 1.67. The average Bonchev–Trinajstić information content (AvgIpc) is 2.30. The standard InChI is InChI=1S/C11H14FN3O2/c1-6(14-2)11(17)15-7-3-4-9(12)8(5-7)10(13)16/h3-6,14H,1-2H3,(H2,13,16)(H,15,17). The second-order valence-electron chi connectivity index (χ2n) is 3.56. The van der Waals surface area contributed by atoms with Gasteiger partial charge in [-0.1, -0.05) is 0 Å². The molecule has 0 radical (unpaired) electrons. The number of primary amides is 1. The molecule has 0 saturated heterocycles. The minimum atomic E-state index is -0.875. The number of carbonyl (C=O) groups excluding carboxylic acids is 2. The van der Waals surface area contributed by atoms with Crippen LogP contribution in [0, 0.1) is 5.82 Å². The summed E-state index contributed by atoms with van der Waals surface area (Å²) in [6, 6.07) is 3.26. The van der Waals surface area contributed by atoms with E-state index in [0.717, 1.165) is 6.07 Å². The van der Waals surface area contributed by atoms with Gasteiger partial charge in [-0.2, -0.15) is 0 Å². The molecule has 5 nitrogen and oxygen atoms in total. The molecule has 0 spiro atoms. The number of carbonyl (C=O) groups is 2. The number of hydrogen-bond acceptors (Lipinski definition) is 3. The molecule has 0 aliphatic carbocycles. The van der Waals surface area contributed by atoms with E-state index in [1.54, 1.807) is 14.0 Å². The molecule has 0 aliphatic rings. The van der Waals surface area contributed by atoms with Crippen molar-refractivity contribution >= 4 is 17.5 Å². The van der Waals surface area contributed by atoms with Crippen LogP contribution in [0.3, 0.4) is 0 Å². The lowest BCUT2D eigenvalue weighted by Gasteiger charge is -2.11. The first-order valence-electron chi connectivity index (χ1n) is 5.03. The van der Waals surface area contributed by atoms with Gasteiger partial charge in [-0.3, -0.25) is 9.59 Å². The molecule has 4 N–H and O–H groups in total. The largest absolute Gasteiger partial charge is 0.366 e. The van der Waals surface area contributed by atoms with Crippen LogP contribution >= 0.6 is 0 Å². The van der Waals surface area contributed by atoms with Crippen molar-refractivity contribution in [2.75, 3.05) is 12.4 Å². The fourth-order valence-corrected chi connectivity index (χ4v) is 1.17. The highest BCUT2D eigenvalue weighted by Gasteiger charge is 2.13. The Hall–Kier alpha value is -1.95. The lowest BCUT2D eigenvalue weighted by Crippen LogP contribution is -2.35. The Morgan fingerprint density at radius 3 is 2.59 bits per heavy atom. The maximum absolute atomic E-state index is 13.2. The first-order chi connectivity index (χ1) is 7.95. The molecule has 0 fully saturated rings. The first-order valence-corrected chi connectivity index (χ1v) is 5.03. The lowest BCUT2D eigenvalue weighted by molar-refractivity contribution is -0.117. The molecule has 6 heteroatoms. The van der Waals surface area contributed by atoms with E-state index in [9.17, 15) is 14.0 Å². The number of likely N-dealkylation sites (N-methyl/N-ethyl adjacent to an activating group) is 1. The lowest BCUT2D eigenvalue weighted by atomic mass is 10.1. The summed E-state index contributed by atoms with van der Waals surface area (Å²) in [4.78, 5) is 22.4. The summed E-state index contributed by atoms with van der Waals surface area (Å²) < 4.78 is 13.2. The first kappa shape index (κ1) is 13.1. The van der Waals surface area contributed by atoms with Crippen molar-refractivity contribution < 1.29 is 14.0 Å². The second kappa shape index (κ2) is 5.40. The van der Waals surface area contributed by atoms with E-state index < -0.39 is 17.8 Å². The molecular weight excluding hydrogens is 225 g/mol. The van der Waals surface area contributed by atoms with Crippen LogP contribution in [0.15, 0.2) is 18.2 Å². The van der Waals surface area contributed by atoms with Gasteiger partial charge in [0, 0.05) is 5.69 Å². The van der Waals surface area contributed by atoms with Crippen LogP contribution < -0.4 is 16.4 Å². The third kappa shape index (κ3) is 3.25. The number of nitrogens with one attached hydrogen (secondary N) is 2. The van der Waals surface area contributed by atoms with Gasteiger partial charge in [-0.05, 0) is 32.2 Å². The number of hydrogen-bond donors (Lipinski definition) is 3. The maximum atomic E-state index is 13.2. The van der Waals surface area contributed by atoms with Crippen LogP contribution in [0.1, 0.15) is 17.3 Å². The quantitative estimate of drug-likeness (QED) is 0.714. The van der Waals surface area contributed by atoms with Gasteiger partial charge in [-0.15, -0.1) is 0 Å². The van der Waals surface area contributed by atoms with Crippen molar-refractivity contribution in [1.29, 1.82) is 0 Å². The molecule has 0 aromatic heterocycles. The molecule has 2 amide bonds. The van der Waals surface area contributed by atoms with E-state index in [2.05, 4.69) is 10.6 Å². The predicted octanol–water partition coefficient (Wildman–Crippen LogP) is 0.471. The predicted molar refractivity (Wildman–Crippen MR) is 62.1 cm³/mol. The van der Waals surface area contributed by atoms with Crippen LogP contribution in [0.2, 0.25) is 0 Å². The molecule has 1 atom stereocenters. The van der Waals surface area contributed by atoms with Crippen LogP contribution in [-0.4, -0.2) is 24.9 Å². The molecular formula is C11H14FN3O2. The Morgan fingerprint density at radius 2 is 2.06 bits per heavy atom. The van der Waals surface area contributed by atoms with E-state index in [4.69, 9.17) is 5.73 Å². The Labute approximate surface area is 98.2 Å². The summed E-state index contributed by atoms with van der Waals surface area (Å²) in [5.74, 6) is -1.87. The highest BCUT2D eigenvalue weighted by atomic mass is 19.1. The van der Waals surface area contributed by atoms with E-state index in [1.807, 2.05) is 0 Å². The maximum Gasteiger partial charge on any atom is 0.251 e. The molecule has 0 heterocycles. The monoisotopic (exact) mass is 239 g/mol. The normalized spacial score (nSPS) is 11.9. The van der Waals surface area contributed by atoms with Gasteiger partial charge in [0.15, 0.2) is 0 Å². The SMILES string of the molecule is CNC(C)C(=O)Nc1ccc(F)c(C(N)=O)c1. The van der Waals surface area contributed by atoms with Crippen molar-refractivity contribution in [1.82, 2.24) is 5.32 Å². The van der Waals surface area contributed by atoms with Crippen LogP contribution in [0.5, 0.6) is 0 Å². The van der Waals surface area contributed by atoms with Gasteiger partial charge >= 0.3 is 0 Å². The number of rotatable bonds is 4. The summed E-state index contributed by atoms with van der Waals surface area (Å²) in [7, 11) is 1.64. The average molecular weight is 239 g/mol. The smallest absolute Gasteiger partial charge is 0.251 e. The van der Waals surface area contributed by atoms with E-state index >= 15 is 0 Å². The van der Waals surface area contributed by atoms with E-state index in [-0.39, 0.29) is 11.5 Å². The minimum absolute atomic E-state index is 0.250. The molecule has 1 rings (SSSR count). The highest BCUT2D eigenvalue weighted by molar-refractivity contribution is 5.97. The van der Waals surface area contributed by atoms with Crippen molar-refractivity contribution in [2.45, 2.75) is 13.0 Å². The fraction of sp³-hybridized carbons (Fsp3) is 0.273. The molecule has 17 heavy (non-hydrogen) atoms. The van der Waals surface area contributed by atoms with Gasteiger partial charge in [-0.25, -0.2) is 4.39 Å². The molecule has 1 unspecified atom stereocenters. The van der Waals surface area contributed by atoms with Crippen LogP contribution in [0.25, 0.3) is 0 Å². The highest BCUT2D eigenvalue weighted by Crippen LogP contribution is 2.14. The Balaban J connectivity index is 2.90. The van der Waals surface area contributed by atoms with Gasteiger partial charge in [0.1, 0.15) is 5.82 Å². The molecule has 92 valence electrons. The Kier molecular flexibility index (Phi) is 4.17. The number of amides is 2. The molecule has 1 aromatic carbocycles. The van der Waals surface area contributed by atoms with Crippen LogP contribution in [0.4, 0.5) is 10.1 Å². The van der Waals surface area contributed by atoms with E-state index in [1.165, 1.54) is 12.1 Å². The summed E-state index contributed by atoms with van der Waals surface area (Å²) in [5, 5.41) is 5.30. The number of anilines is 1. The molecule has 0 bridgehead atoms. The third-order valence-corrected chi connectivity index (χ3v) is 2.33. The number of nitrogens with two attached hydrogens (primary N) is 1. The minimum Gasteiger partial charge on any atom is -0.366 e. The Bertz CT molecular complexity index is 448. The number of halogens is 1. The van der Waals surface area contributed by atoms with Crippen molar-refractivity contribution in [3.05, 3.63) is 29.6 Å². The molecule has 1 aromatic rings. The summed E-state index contributed by atoms with van der Waals surface area (Å²) >= 11 is 0. The van der Waals surface area contributed by atoms with Crippen molar-refractivity contribution in [2.24, 2.45) is 5.73 Å². The topological polar surface area (TPSA) is 84.2 Å². The molecule has 0 saturated carbocycles. The zero-order valence-corrected chi connectivity index (χ0v) is 9.58. The zero-order valence-electron chi connectivity index (χ0n) is 9.58. The fourth-order valence-electron chi connectivity index (χ4n) is 1.17. The zero-order chi connectivity index (χ0) is 13.0.